The highest BCUT2D eigenvalue weighted by Crippen LogP contribution is 2.41. The van der Waals surface area contributed by atoms with E-state index in [4.69, 9.17) is 18.6 Å². The first kappa shape index (κ1) is 20.3. The van der Waals surface area contributed by atoms with Gasteiger partial charge in [-0.3, -0.25) is 4.79 Å². The summed E-state index contributed by atoms with van der Waals surface area (Å²) in [6, 6.07) is 7.39. The van der Waals surface area contributed by atoms with Gasteiger partial charge < -0.3 is 23.5 Å². The number of nitrogens with zero attached hydrogens (tertiary/aromatic N) is 2. The lowest BCUT2D eigenvalue weighted by Crippen LogP contribution is -2.38. The van der Waals surface area contributed by atoms with Crippen molar-refractivity contribution in [2.24, 2.45) is 0 Å². The van der Waals surface area contributed by atoms with Crippen molar-refractivity contribution < 1.29 is 36.6 Å². The van der Waals surface area contributed by atoms with Crippen LogP contribution in [0.4, 0.5) is 18.9 Å². The number of aromatic nitrogens is 1. The van der Waals surface area contributed by atoms with E-state index in [-0.39, 0.29) is 17.1 Å². The molecule has 0 spiro atoms. The third-order valence-electron chi connectivity index (χ3n) is 4.22. The molecule has 10 heteroatoms. The van der Waals surface area contributed by atoms with Crippen LogP contribution in [0.5, 0.6) is 17.2 Å². The van der Waals surface area contributed by atoms with Gasteiger partial charge in [0.15, 0.2) is 17.1 Å². The topological polar surface area (TPSA) is 74.0 Å². The van der Waals surface area contributed by atoms with Crippen molar-refractivity contribution >= 4 is 22.7 Å². The summed E-state index contributed by atoms with van der Waals surface area (Å²) >= 11 is 0. The summed E-state index contributed by atoms with van der Waals surface area (Å²) in [5.41, 5.74) is 1.17. The normalized spacial score (nSPS) is 11.4. The van der Waals surface area contributed by atoms with Gasteiger partial charge in [-0.05, 0) is 30.3 Å². The molecule has 2 aromatic carbocycles. The van der Waals surface area contributed by atoms with Gasteiger partial charge in [0, 0.05) is 18.3 Å². The molecule has 0 aliphatic rings. The average Bonchev–Trinajstić information content (AvgIpc) is 3.14. The second kappa shape index (κ2) is 7.53. The standard InChI is InChI=1S/C19H17F3N2O5/c1-24(18(25)19(20,21)22)11-5-6-13-12(9-11)23-17(29-13)10-7-14(26-2)16(28-4)15(8-10)27-3/h5-9H,1-4H3. The number of halogens is 3. The summed E-state index contributed by atoms with van der Waals surface area (Å²) in [5.74, 6) is -0.614. The Labute approximate surface area is 163 Å². The Morgan fingerprint density at radius 2 is 1.66 bits per heavy atom. The zero-order valence-corrected chi connectivity index (χ0v) is 16.0. The molecule has 0 fully saturated rings. The molecule has 3 aromatic rings. The van der Waals surface area contributed by atoms with Gasteiger partial charge in [0.05, 0.1) is 21.3 Å². The zero-order valence-electron chi connectivity index (χ0n) is 16.0. The molecule has 0 aliphatic carbocycles. The Morgan fingerprint density at radius 3 is 2.17 bits per heavy atom. The van der Waals surface area contributed by atoms with Gasteiger partial charge >= 0.3 is 12.1 Å². The molecule has 1 amide bonds. The predicted molar refractivity (Wildman–Crippen MR) is 98.6 cm³/mol. The lowest BCUT2D eigenvalue weighted by Gasteiger charge is -2.18. The van der Waals surface area contributed by atoms with Crippen LogP contribution < -0.4 is 19.1 Å². The van der Waals surface area contributed by atoms with Crippen molar-refractivity contribution in [3.63, 3.8) is 0 Å². The van der Waals surface area contributed by atoms with Gasteiger partial charge in [0.25, 0.3) is 0 Å². The van der Waals surface area contributed by atoms with Crippen LogP contribution in [-0.4, -0.2) is 45.4 Å². The van der Waals surface area contributed by atoms with Crippen LogP contribution >= 0.6 is 0 Å². The Balaban J connectivity index is 2.04. The number of alkyl halides is 3. The Bertz CT molecular complexity index is 1040. The minimum absolute atomic E-state index is 0.0320. The van der Waals surface area contributed by atoms with Crippen molar-refractivity contribution in [2.45, 2.75) is 6.18 Å². The van der Waals surface area contributed by atoms with E-state index in [1.165, 1.54) is 39.5 Å². The monoisotopic (exact) mass is 410 g/mol. The van der Waals surface area contributed by atoms with Gasteiger partial charge in [-0.1, -0.05) is 0 Å². The van der Waals surface area contributed by atoms with Crippen molar-refractivity contribution in [2.75, 3.05) is 33.3 Å². The number of oxazole rings is 1. The molecule has 3 rings (SSSR count). The highest BCUT2D eigenvalue weighted by atomic mass is 19.4. The zero-order chi connectivity index (χ0) is 21.3. The minimum Gasteiger partial charge on any atom is -0.493 e. The lowest BCUT2D eigenvalue weighted by atomic mass is 10.2. The molecule has 0 saturated carbocycles. The van der Waals surface area contributed by atoms with Crippen LogP contribution in [0.2, 0.25) is 0 Å². The van der Waals surface area contributed by atoms with Gasteiger partial charge in [-0.25, -0.2) is 4.98 Å². The number of methoxy groups -OCH3 is 3. The summed E-state index contributed by atoms with van der Waals surface area (Å²) in [6.07, 6.45) is -4.98. The highest BCUT2D eigenvalue weighted by Gasteiger charge is 2.41. The molecule has 0 saturated heterocycles. The van der Waals surface area contributed by atoms with Crippen LogP contribution in [0.25, 0.3) is 22.6 Å². The summed E-state index contributed by atoms with van der Waals surface area (Å²) in [4.78, 5) is 16.3. The van der Waals surface area contributed by atoms with Gasteiger partial charge in [-0.2, -0.15) is 13.2 Å². The maximum atomic E-state index is 12.7. The third kappa shape index (κ3) is 3.78. The Hall–Kier alpha value is -3.43. The predicted octanol–water partition coefficient (Wildman–Crippen LogP) is 4.05. The number of carbonyl (C=O) groups is 1. The molecular formula is C19H17F3N2O5. The maximum absolute atomic E-state index is 12.7. The summed E-state index contributed by atoms with van der Waals surface area (Å²) in [7, 11) is 5.44. The number of carbonyl (C=O) groups excluding carboxylic acids is 1. The van der Waals surface area contributed by atoms with Crippen molar-refractivity contribution in [1.82, 2.24) is 4.98 Å². The fourth-order valence-corrected chi connectivity index (χ4v) is 2.76. The lowest BCUT2D eigenvalue weighted by molar-refractivity contribution is -0.170. The van der Waals surface area contributed by atoms with E-state index in [9.17, 15) is 18.0 Å². The molecule has 0 N–H and O–H groups in total. The highest BCUT2D eigenvalue weighted by molar-refractivity contribution is 5.98. The summed E-state index contributed by atoms with van der Waals surface area (Å²) < 4.78 is 59.6. The number of hydrogen-bond donors (Lipinski definition) is 0. The summed E-state index contributed by atoms with van der Waals surface area (Å²) in [5, 5.41) is 0. The number of hydrogen-bond acceptors (Lipinski definition) is 6. The molecular weight excluding hydrogens is 393 g/mol. The second-order valence-corrected chi connectivity index (χ2v) is 5.95. The Kier molecular flexibility index (Phi) is 5.27. The van der Waals surface area contributed by atoms with E-state index < -0.39 is 12.1 Å². The molecule has 7 nitrogen and oxygen atoms in total. The van der Waals surface area contributed by atoms with Crippen molar-refractivity contribution in [3.05, 3.63) is 30.3 Å². The summed E-state index contributed by atoms with van der Waals surface area (Å²) in [6.45, 7) is 0. The van der Waals surface area contributed by atoms with Crippen molar-refractivity contribution in [3.8, 4) is 28.7 Å². The minimum atomic E-state index is -4.98. The number of fused-ring (bicyclic) bond motifs is 1. The number of benzene rings is 2. The van der Waals surface area contributed by atoms with E-state index in [1.54, 1.807) is 12.1 Å². The second-order valence-electron chi connectivity index (χ2n) is 5.95. The van der Waals surface area contributed by atoms with Crippen LogP contribution in [0.15, 0.2) is 34.7 Å². The molecule has 0 atom stereocenters. The quantitative estimate of drug-likeness (QED) is 0.632. The van der Waals surface area contributed by atoms with Crippen LogP contribution in [0, 0.1) is 0 Å². The smallest absolute Gasteiger partial charge is 0.471 e. The molecule has 1 heterocycles. The maximum Gasteiger partial charge on any atom is 0.471 e. The van der Waals surface area contributed by atoms with Gasteiger partial charge in [0.1, 0.15) is 5.52 Å². The molecule has 29 heavy (non-hydrogen) atoms. The largest absolute Gasteiger partial charge is 0.493 e. The SMILES string of the molecule is COc1cc(-c2nc3cc(N(C)C(=O)C(F)(F)F)ccc3o2)cc(OC)c1OC. The van der Waals surface area contributed by atoms with E-state index in [1.807, 2.05) is 0 Å². The van der Waals surface area contributed by atoms with Gasteiger partial charge in [-0.15, -0.1) is 0 Å². The van der Waals surface area contributed by atoms with Gasteiger partial charge in [0.2, 0.25) is 11.6 Å². The van der Waals surface area contributed by atoms with Crippen LogP contribution in [0.3, 0.4) is 0 Å². The van der Waals surface area contributed by atoms with E-state index >= 15 is 0 Å². The molecule has 0 bridgehead atoms. The van der Waals surface area contributed by atoms with Crippen LogP contribution in [-0.2, 0) is 4.79 Å². The van der Waals surface area contributed by atoms with E-state index in [0.717, 1.165) is 7.05 Å². The molecule has 1 aromatic heterocycles. The third-order valence-corrected chi connectivity index (χ3v) is 4.22. The van der Waals surface area contributed by atoms with E-state index in [0.29, 0.717) is 33.3 Å². The van der Waals surface area contributed by atoms with Crippen LogP contribution in [0.1, 0.15) is 0 Å². The number of anilines is 1. The number of amides is 1. The number of rotatable bonds is 5. The molecule has 0 radical (unpaired) electrons. The van der Waals surface area contributed by atoms with E-state index in [2.05, 4.69) is 4.98 Å². The molecule has 0 aliphatic heterocycles. The average molecular weight is 410 g/mol. The first-order chi connectivity index (χ1) is 13.7. The molecule has 154 valence electrons. The number of ether oxygens (including phenoxy) is 3. The van der Waals surface area contributed by atoms with Crippen molar-refractivity contribution in [1.29, 1.82) is 0 Å². The molecule has 0 unspecified atom stereocenters. The fraction of sp³-hybridized carbons (Fsp3) is 0.263. The Morgan fingerprint density at radius 1 is 1.03 bits per heavy atom. The first-order valence-electron chi connectivity index (χ1n) is 8.25. The first-order valence-corrected chi connectivity index (χ1v) is 8.25. The fourth-order valence-electron chi connectivity index (χ4n) is 2.76.